The zero-order valence-electron chi connectivity index (χ0n) is 21.6. The summed E-state index contributed by atoms with van der Waals surface area (Å²) in [4.78, 5) is 52.5. The first-order valence-corrected chi connectivity index (χ1v) is 12.9. The molecule has 2 aromatic carbocycles. The van der Waals surface area contributed by atoms with Gasteiger partial charge in [0.1, 0.15) is 11.4 Å². The summed E-state index contributed by atoms with van der Waals surface area (Å²) in [6.07, 6.45) is 0.290. The topological polar surface area (TPSA) is 122 Å². The van der Waals surface area contributed by atoms with E-state index in [1.807, 2.05) is 0 Å². The van der Waals surface area contributed by atoms with Crippen molar-refractivity contribution in [3.8, 4) is 5.75 Å². The number of aromatic nitrogens is 2. The highest BCUT2D eigenvalue weighted by molar-refractivity contribution is 5.95. The van der Waals surface area contributed by atoms with Gasteiger partial charge in [0.25, 0.3) is 17.4 Å². The number of nitrogens with one attached hydrogen (secondary N) is 3. The van der Waals surface area contributed by atoms with E-state index in [-0.39, 0.29) is 23.4 Å². The molecule has 9 nitrogen and oxygen atoms in total. The predicted molar refractivity (Wildman–Crippen MR) is 140 cm³/mol. The van der Waals surface area contributed by atoms with Crippen molar-refractivity contribution >= 4 is 11.8 Å². The summed E-state index contributed by atoms with van der Waals surface area (Å²) >= 11 is 0. The van der Waals surface area contributed by atoms with E-state index in [1.54, 1.807) is 30.3 Å². The molecule has 0 unspecified atom stereocenters. The Morgan fingerprint density at radius 2 is 1.68 bits per heavy atom. The van der Waals surface area contributed by atoms with Crippen molar-refractivity contribution in [2.75, 3.05) is 6.54 Å². The molecule has 2 amide bonds. The number of carbonyl (C=O) groups excluding carboxylic acids is 2. The molecule has 1 aliphatic rings. The predicted octanol–water partition coefficient (Wildman–Crippen LogP) is 3.72. The fraction of sp³-hybridized carbons (Fsp3) is 0.357. The lowest BCUT2D eigenvalue weighted by atomic mass is 9.89. The minimum Gasteiger partial charge on any atom is -0.405 e. The fourth-order valence-electron chi connectivity index (χ4n) is 4.62. The molecule has 3 N–H and O–H groups in total. The van der Waals surface area contributed by atoms with Crippen LogP contribution in [0.3, 0.4) is 0 Å². The highest BCUT2D eigenvalue weighted by atomic mass is 19.4. The molecule has 0 aliphatic heterocycles. The van der Waals surface area contributed by atoms with Crippen LogP contribution >= 0.6 is 0 Å². The molecule has 3 aromatic rings. The van der Waals surface area contributed by atoms with Crippen LogP contribution in [-0.2, 0) is 13.1 Å². The number of ether oxygens (including phenoxy) is 1. The van der Waals surface area contributed by atoms with Crippen LogP contribution in [0.25, 0.3) is 0 Å². The zero-order valence-corrected chi connectivity index (χ0v) is 21.6. The SMILES string of the molecule is O=C(NCC1CCCCC1)c1ccc(CNC(=O)c2cc(=O)n(Cc3ccccc3)c(=O)[nH]2)c(OC(F)(F)F)c1. The second kappa shape index (κ2) is 12.7. The van der Waals surface area contributed by atoms with Gasteiger partial charge in [-0.05, 0) is 36.5 Å². The molecule has 0 saturated heterocycles. The van der Waals surface area contributed by atoms with Crippen molar-refractivity contribution in [3.05, 3.63) is 97.8 Å². The van der Waals surface area contributed by atoms with Crippen molar-refractivity contribution in [2.24, 2.45) is 5.92 Å². The van der Waals surface area contributed by atoms with Gasteiger partial charge in [-0.15, -0.1) is 13.2 Å². The summed E-state index contributed by atoms with van der Waals surface area (Å²) in [7, 11) is 0. The molecule has 0 bridgehead atoms. The van der Waals surface area contributed by atoms with Crippen molar-refractivity contribution in [1.82, 2.24) is 20.2 Å². The normalized spacial score (nSPS) is 14.0. The summed E-state index contributed by atoms with van der Waals surface area (Å²) < 4.78 is 44.4. The fourth-order valence-corrected chi connectivity index (χ4v) is 4.62. The molecule has 1 fully saturated rings. The average molecular weight is 559 g/mol. The molecule has 0 atom stereocenters. The molecule has 212 valence electrons. The van der Waals surface area contributed by atoms with Gasteiger partial charge in [-0.2, -0.15) is 0 Å². The monoisotopic (exact) mass is 558 g/mol. The number of halogens is 3. The number of carbonyl (C=O) groups is 2. The summed E-state index contributed by atoms with van der Waals surface area (Å²) in [5.41, 5.74) is -1.26. The molecule has 1 aliphatic carbocycles. The number of rotatable bonds is 9. The van der Waals surface area contributed by atoms with E-state index in [9.17, 15) is 32.3 Å². The molecule has 0 spiro atoms. The lowest BCUT2D eigenvalue weighted by Crippen LogP contribution is -2.38. The third-order valence-corrected chi connectivity index (χ3v) is 6.72. The first kappa shape index (κ1) is 28.7. The Kier molecular flexibility index (Phi) is 9.08. The first-order chi connectivity index (χ1) is 19.1. The van der Waals surface area contributed by atoms with Crippen molar-refractivity contribution in [1.29, 1.82) is 0 Å². The summed E-state index contributed by atoms with van der Waals surface area (Å²) in [5, 5.41) is 5.15. The molecule has 1 heterocycles. The standard InChI is InChI=1S/C28H29F3N4O5/c29-28(30,31)40-23-13-20(25(37)32-15-18-7-3-1-4-8-18)11-12-21(23)16-33-26(38)22-14-24(36)35(27(39)34-22)17-19-9-5-2-6-10-19/h2,5-6,9-14,18H,1,3-4,7-8,15-17H2,(H,32,37)(H,33,38)(H,34,39). The lowest BCUT2D eigenvalue weighted by Gasteiger charge is -2.22. The van der Waals surface area contributed by atoms with Crippen LogP contribution in [-0.4, -0.2) is 34.3 Å². The lowest BCUT2D eigenvalue weighted by molar-refractivity contribution is -0.274. The van der Waals surface area contributed by atoms with E-state index in [1.165, 1.54) is 12.1 Å². The van der Waals surface area contributed by atoms with E-state index in [2.05, 4.69) is 20.4 Å². The zero-order chi connectivity index (χ0) is 28.7. The second-order valence-corrected chi connectivity index (χ2v) is 9.67. The maximum atomic E-state index is 13.1. The average Bonchev–Trinajstić information content (AvgIpc) is 2.93. The van der Waals surface area contributed by atoms with E-state index in [0.29, 0.717) is 18.0 Å². The number of H-pyrrole nitrogens is 1. The first-order valence-electron chi connectivity index (χ1n) is 12.9. The largest absolute Gasteiger partial charge is 0.573 e. The second-order valence-electron chi connectivity index (χ2n) is 9.67. The van der Waals surface area contributed by atoms with Gasteiger partial charge in [0.05, 0.1) is 6.54 Å². The van der Waals surface area contributed by atoms with Crippen molar-refractivity contribution < 1.29 is 27.5 Å². The Morgan fingerprint density at radius 3 is 2.35 bits per heavy atom. The van der Waals surface area contributed by atoms with Gasteiger partial charge >= 0.3 is 12.1 Å². The van der Waals surface area contributed by atoms with Crippen LogP contribution in [0.4, 0.5) is 13.2 Å². The number of aromatic amines is 1. The van der Waals surface area contributed by atoms with Crippen molar-refractivity contribution in [3.63, 3.8) is 0 Å². The highest BCUT2D eigenvalue weighted by Crippen LogP contribution is 2.28. The molecule has 40 heavy (non-hydrogen) atoms. The van der Waals surface area contributed by atoms with Crippen LogP contribution in [0, 0.1) is 5.92 Å². The van der Waals surface area contributed by atoms with Gasteiger partial charge < -0.3 is 20.4 Å². The number of hydrogen-bond donors (Lipinski definition) is 3. The van der Waals surface area contributed by atoms with E-state index < -0.39 is 41.7 Å². The third-order valence-electron chi connectivity index (χ3n) is 6.72. The molecule has 0 radical (unpaired) electrons. The van der Waals surface area contributed by atoms with Gasteiger partial charge in [-0.1, -0.05) is 55.7 Å². The minimum atomic E-state index is -5.04. The van der Waals surface area contributed by atoms with Crippen LogP contribution in [0.2, 0.25) is 0 Å². The summed E-state index contributed by atoms with van der Waals surface area (Å²) in [6.45, 7) is 0.00735. The molecular weight excluding hydrogens is 529 g/mol. The minimum absolute atomic E-state index is 0.00434. The van der Waals surface area contributed by atoms with Crippen molar-refractivity contribution in [2.45, 2.75) is 51.6 Å². The number of nitrogens with zero attached hydrogens (tertiary/aromatic N) is 1. The quantitative estimate of drug-likeness (QED) is 0.370. The number of alkyl halides is 3. The van der Waals surface area contributed by atoms with E-state index in [0.717, 1.165) is 48.8 Å². The summed E-state index contributed by atoms with van der Waals surface area (Å²) in [5.74, 6) is -1.72. The molecule has 12 heteroatoms. The molecule has 1 aromatic heterocycles. The highest BCUT2D eigenvalue weighted by Gasteiger charge is 2.32. The number of hydrogen-bond acceptors (Lipinski definition) is 5. The Hall–Kier alpha value is -4.35. The van der Waals surface area contributed by atoms with E-state index >= 15 is 0 Å². The maximum Gasteiger partial charge on any atom is 0.573 e. The van der Waals surface area contributed by atoms with Gasteiger partial charge in [-0.3, -0.25) is 19.0 Å². The van der Waals surface area contributed by atoms with Crippen LogP contribution < -0.4 is 26.6 Å². The third kappa shape index (κ3) is 7.84. The summed E-state index contributed by atoms with van der Waals surface area (Å²) in [6, 6.07) is 13.3. The number of amides is 2. The van der Waals surface area contributed by atoms with Crippen LogP contribution in [0.1, 0.15) is 64.1 Å². The van der Waals surface area contributed by atoms with E-state index in [4.69, 9.17) is 0 Å². The van der Waals surface area contributed by atoms with Crippen LogP contribution in [0.5, 0.6) is 5.75 Å². The Labute approximate surface area is 227 Å². The van der Waals surface area contributed by atoms with Crippen LogP contribution in [0.15, 0.2) is 64.2 Å². The smallest absolute Gasteiger partial charge is 0.405 e. The maximum absolute atomic E-state index is 13.1. The Morgan fingerprint density at radius 1 is 0.950 bits per heavy atom. The molecule has 1 saturated carbocycles. The van der Waals surface area contributed by atoms with Gasteiger partial charge in [0, 0.05) is 30.3 Å². The Balaban J connectivity index is 1.45. The number of benzene rings is 2. The van der Waals surface area contributed by atoms with Gasteiger partial charge in [0.2, 0.25) is 0 Å². The Bertz CT molecular complexity index is 1430. The molecular formula is C28H29F3N4O5. The van der Waals surface area contributed by atoms with Gasteiger partial charge in [-0.25, -0.2) is 4.79 Å². The van der Waals surface area contributed by atoms with Gasteiger partial charge in [0.15, 0.2) is 0 Å². The molecule has 4 rings (SSSR count).